The summed E-state index contributed by atoms with van der Waals surface area (Å²) in [5.74, 6) is 10.1. The van der Waals surface area contributed by atoms with Gasteiger partial charge in [-0.3, -0.25) is 0 Å². The normalized spacial score (nSPS) is 12.3. The Bertz CT molecular complexity index is 4520. The van der Waals surface area contributed by atoms with Gasteiger partial charge in [0.2, 0.25) is 0 Å². The minimum atomic E-state index is -2.72. The highest BCUT2D eigenvalue weighted by Gasteiger charge is 2.48. The first kappa shape index (κ1) is 94.2. The molecule has 0 radical (unpaired) electrons. The molecule has 0 aliphatic carbocycles. The van der Waals surface area contributed by atoms with Crippen molar-refractivity contribution in [2.45, 2.75) is 74.5 Å². The van der Waals surface area contributed by atoms with Gasteiger partial charge in [-0.15, -0.1) is 0 Å². The van der Waals surface area contributed by atoms with Gasteiger partial charge in [0.05, 0.1) is 40.4 Å². The number of benzene rings is 16. The highest BCUT2D eigenvalue weighted by molar-refractivity contribution is 7.80. The molecule has 0 N–H and O–H groups in total. The predicted molar refractivity (Wildman–Crippen MR) is 602 cm³/mol. The summed E-state index contributed by atoms with van der Waals surface area (Å²) < 4.78 is 0. The lowest BCUT2D eigenvalue weighted by molar-refractivity contribution is 1.06. The van der Waals surface area contributed by atoms with Crippen molar-refractivity contribution in [3.8, 4) is 0 Å². The maximum atomic E-state index is 3.00. The molecule has 0 fully saturated rings. The molecular formula is C116H124P8Si5. The largest absolute Gasteiger partial charge is 0.0686 e. The number of hydrogen-bond donors (Lipinski definition) is 0. The molecule has 0 aliphatic rings. The zero-order chi connectivity index (χ0) is 88.2. The van der Waals surface area contributed by atoms with Crippen LogP contribution in [0.3, 0.4) is 0 Å². The van der Waals surface area contributed by atoms with E-state index in [1.54, 1.807) is 0 Å². The zero-order valence-electron chi connectivity index (χ0n) is 75.6. The highest BCUT2D eigenvalue weighted by atomic mass is 31.1. The van der Waals surface area contributed by atoms with Crippen molar-refractivity contribution >= 4 is 189 Å². The van der Waals surface area contributed by atoms with Gasteiger partial charge in [-0.2, -0.15) is 0 Å². The Morgan fingerprint density at radius 2 is 0.194 bits per heavy atom. The lowest BCUT2D eigenvalue weighted by Gasteiger charge is -2.45. The fourth-order valence-corrected chi connectivity index (χ4v) is 96.2. The molecule has 16 aromatic rings. The second kappa shape index (κ2) is 47.1. The van der Waals surface area contributed by atoms with Crippen LogP contribution >= 0.6 is 63.4 Å². The van der Waals surface area contributed by atoms with Gasteiger partial charge in [0, 0.05) is 0 Å². The molecule has 648 valence electrons. The molecule has 13 heteroatoms. The van der Waals surface area contributed by atoms with Crippen molar-refractivity contribution in [3.05, 3.63) is 485 Å². The molecule has 0 saturated carbocycles. The van der Waals surface area contributed by atoms with E-state index in [4.69, 9.17) is 0 Å². The summed E-state index contributed by atoms with van der Waals surface area (Å²) in [6.45, 7) is 12.0. The maximum Gasteiger partial charge on any atom is 0.0600 e. The smallest absolute Gasteiger partial charge is 0.0600 e. The Labute approximate surface area is 787 Å². The molecule has 0 bridgehead atoms. The molecular weight excluding hydrogens is 1780 g/mol. The molecule has 0 aromatic heterocycles. The van der Waals surface area contributed by atoms with Gasteiger partial charge in [-0.1, -0.05) is 560 Å². The second-order valence-electron chi connectivity index (χ2n) is 36.8. The standard InChI is InChI=1S/C116H124P8Si5/c1-125(93-117(101-53-21-5-22-54-101)102-55-23-6-24-56-102,94-118(103-57-25-7-26-58-103)104-59-27-8-28-60-104)85-89-129(90-86-126(2,95-119(105-61-29-9-30-62-105)106-63-31-10-32-64-106)96-120(107-65-33-11-34-66-107)108-67-35-12-36-68-108,91-87-127(3,97-121(109-69-37-13-38-70-109)110-71-39-14-40-72-110)98-122(111-73-41-15-42-74-111)112-75-43-16-44-76-112)92-88-128(4,99-123(113-77-45-17-46-78-113)114-79-47-18-48-80-114)100-124(115-81-49-19-50-82-115)116-83-51-20-52-84-116/h5-84H,85-100H2,1-4H3. The van der Waals surface area contributed by atoms with E-state index in [9.17, 15) is 0 Å². The van der Waals surface area contributed by atoms with Gasteiger partial charge < -0.3 is 0 Å². The van der Waals surface area contributed by atoms with Gasteiger partial charge in [0.15, 0.2) is 0 Å². The molecule has 0 unspecified atom stereocenters. The molecule has 0 aliphatic heterocycles. The van der Waals surface area contributed by atoms with Crippen molar-refractivity contribution < 1.29 is 0 Å². The summed E-state index contributed by atoms with van der Waals surface area (Å²) in [4.78, 5) is 0. The van der Waals surface area contributed by atoms with Crippen molar-refractivity contribution in [1.82, 2.24) is 0 Å². The van der Waals surface area contributed by atoms with E-state index in [1.807, 2.05) is 0 Å². The van der Waals surface area contributed by atoms with Crippen LogP contribution in [0, 0.1) is 0 Å². The molecule has 0 saturated heterocycles. The fourth-order valence-electron chi connectivity index (χ4n) is 19.3. The maximum absolute atomic E-state index is 3.00. The van der Waals surface area contributed by atoms with Crippen LogP contribution in [0.4, 0.5) is 0 Å². The van der Waals surface area contributed by atoms with Crippen LogP contribution in [-0.4, -0.2) is 86.7 Å². The minimum absolute atomic E-state index is 0.739. The van der Waals surface area contributed by atoms with Crippen LogP contribution in [0.5, 0.6) is 0 Å². The quantitative estimate of drug-likeness (QED) is 0.0264. The summed E-state index contributed by atoms with van der Waals surface area (Å²) in [5.41, 5.74) is 0. The van der Waals surface area contributed by atoms with Gasteiger partial charge in [-0.05, 0) is 195 Å². The average molecular weight is 1910 g/mol. The van der Waals surface area contributed by atoms with Crippen molar-refractivity contribution in [1.29, 1.82) is 0 Å². The number of hydrogen-bond acceptors (Lipinski definition) is 0. The summed E-state index contributed by atoms with van der Waals surface area (Å²) in [6.07, 6.45) is 0. The molecule has 0 atom stereocenters. The van der Waals surface area contributed by atoms with Gasteiger partial charge in [0.25, 0.3) is 0 Å². The molecule has 0 nitrogen and oxygen atoms in total. The monoisotopic (exact) mass is 1900 g/mol. The van der Waals surface area contributed by atoms with E-state index in [0.29, 0.717) is 0 Å². The Hall–Kier alpha value is -7.96. The number of rotatable bonds is 44. The fraction of sp³-hybridized carbons (Fsp3) is 0.172. The second-order valence-corrected chi connectivity index (χ2v) is 83.5. The average Bonchev–Trinajstić information content (AvgIpc) is 0.776. The third-order valence-corrected chi connectivity index (χ3v) is 88.8. The Morgan fingerprint density at radius 1 is 0.116 bits per heavy atom. The van der Waals surface area contributed by atoms with E-state index < -0.39 is 104 Å². The first-order valence-corrected chi connectivity index (χ1v) is 73.9. The van der Waals surface area contributed by atoms with E-state index >= 15 is 0 Å². The van der Waals surface area contributed by atoms with E-state index in [1.165, 1.54) is 180 Å². The zero-order valence-corrected chi connectivity index (χ0v) is 87.7. The van der Waals surface area contributed by atoms with E-state index in [0.717, 1.165) is 0 Å². The summed E-state index contributed by atoms with van der Waals surface area (Å²) >= 11 is 0. The summed E-state index contributed by atoms with van der Waals surface area (Å²) in [5, 5.41) is 24.4. The Balaban J connectivity index is 0.952. The van der Waals surface area contributed by atoms with Crippen LogP contribution in [0.15, 0.2) is 485 Å². The topological polar surface area (TPSA) is 0 Å². The van der Waals surface area contributed by atoms with Crippen LogP contribution in [0.25, 0.3) is 0 Å². The third-order valence-electron chi connectivity index (χ3n) is 26.4. The van der Waals surface area contributed by atoms with Crippen LogP contribution in [0.2, 0.25) is 74.5 Å². The minimum Gasteiger partial charge on any atom is -0.0686 e. The lowest BCUT2D eigenvalue weighted by Crippen LogP contribution is -2.51. The molecule has 129 heavy (non-hydrogen) atoms. The van der Waals surface area contributed by atoms with E-state index in [-0.39, 0.29) is 0 Å². The SMILES string of the molecule is C[Si](CC[Si](CC[Si](C)(CP(c1ccccc1)c1ccccc1)CP(c1ccccc1)c1ccccc1)(CC[Si](C)(CP(c1ccccc1)c1ccccc1)CP(c1ccccc1)c1ccccc1)CC[Si](C)(CP(c1ccccc1)c1ccccc1)CP(c1ccccc1)c1ccccc1)(CP(c1ccccc1)c1ccccc1)CP(c1ccccc1)c1ccccc1. The van der Waals surface area contributed by atoms with Crippen molar-refractivity contribution in [2.75, 3.05) is 46.3 Å². The highest BCUT2D eigenvalue weighted by Crippen LogP contribution is 2.54. The summed E-state index contributed by atoms with van der Waals surface area (Å²) in [6, 6.07) is 203. The van der Waals surface area contributed by atoms with Crippen molar-refractivity contribution in [3.63, 3.8) is 0 Å². The van der Waals surface area contributed by atoms with Crippen LogP contribution < -0.4 is 84.9 Å². The van der Waals surface area contributed by atoms with E-state index in [2.05, 4.69) is 511 Å². The van der Waals surface area contributed by atoms with Gasteiger partial charge in [0.1, 0.15) is 0 Å². The van der Waals surface area contributed by atoms with Crippen LogP contribution in [0.1, 0.15) is 0 Å². The first-order chi connectivity index (χ1) is 63.3. The molecule has 0 spiro atoms. The van der Waals surface area contributed by atoms with Crippen LogP contribution in [-0.2, 0) is 0 Å². The van der Waals surface area contributed by atoms with Gasteiger partial charge >= 0.3 is 0 Å². The summed E-state index contributed by atoms with van der Waals surface area (Å²) in [7, 11) is -18.6. The predicted octanol–water partition coefficient (Wildman–Crippen LogP) is 25.1. The first-order valence-electron chi connectivity index (χ1n) is 46.3. The molecule has 0 heterocycles. The Kier molecular flexibility index (Phi) is 34.4. The lowest BCUT2D eigenvalue weighted by atomic mass is 10.4. The molecule has 0 amide bonds. The third kappa shape index (κ3) is 26.3. The van der Waals surface area contributed by atoms with Gasteiger partial charge in [-0.25, -0.2) is 0 Å². The van der Waals surface area contributed by atoms with Crippen molar-refractivity contribution in [2.24, 2.45) is 0 Å². The molecule has 16 aromatic carbocycles. The molecule has 16 rings (SSSR count). The Morgan fingerprint density at radius 3 is 0.271 bits per heavy atom.